The molecule has 0 atom stereocenters. The Balaban J connectivity index is 0. The van der Waals surface area contributed by atoms with Crippen molar-refractivity contribution < 1.29 is 32.7 Å². The molecule has 0 aromatic rings. The quantitative estimate of drug-likeness (QED) is 0.367. The third-order valence-corrected chi connectivity index (χ3v) is 0.149. The number of rotatable bonds is 0. The molecule has 0 bridgehead atoms. The molecule has 0 aliphatic carbocycles. The summed E-state index contributed by atoms with van der Waals surface area (Å²) in [4.78, 5) is 3.39. The molecule has 27 valence electrons. The molecule has 0 unspecified atom stereocenters. The molecular formula is C2H6N2Y. The van der Waals surface area contributed by atoms with Crippen LogP contribution in [0.3, 0.4) is 0 Å². The molecular weight excluding hydrogens is 141 g/mol. The second kappa shape index (κ2) is 8.82. The number of hydrogen-bond donors (Lipinski definition) is 1. The van der Waals surface area contributed by atoms with Crippen LogP contribution in [0.4, 0.5) is 0 Å². The molecule has 0 aliphatic rings. The molecule has 0 aliphatic heterocycles. The van der Waals surface area contributed by atoms with Gasteiger partial charge in [0.25, 0.3) is 0 Å². The van der Waals surface area contributed by atoms with E-state index in [2.05, 4.69) is 4.99 Å². The molecule has 0 rings (SSSR count). The third-order valence-electron chi connectivity index (χ3n) is 0.149. The first-order valence-corrected chi connectivity index (χ1v) is 1.04. The van der Waals surface area contributed by atoms with Gasteiger partial charge in [0.2, 0.25) is 0 Å². The van der Waals surface area contributed by atoms with Crippen molar-refractivity contribution in [3.8, 4) is 0 Å². The predicted octanol–water partition coefficient (Wildman–Crippen LogP) is -0.399. The van der Waals surface area contributed by atoms with E-state index in [9.17, 15) is 0 Å². The SMILES string of the molecule is CN=CN.[Y]. The van der Waals surface area contributed by atoms with Crippen molar-refractivity contribution in [1.82, 2.24) is 0 Å². The molecule has 0 saturated carbocycles. The van der Waals surface area contributed by atoms with E-state index >= 15 is 0 Å². The standard InChI is InChI=1S/C2H6N2.Y/c1-4-2-3;/h2H,1H3,(H2,3,4);. The van der Waals surface area contributed by atoms with Gasteiger partial charge in [0.05, 0.1) is 6.34 Å². The van der Waals surface area contributed by atoms with E-state index in [0.29, 0.717) is 0 Å². The zero-order valence-electron chi connectivity index (χ0n) is 3.18. The Kier molecular flexibility index (Phi) is 16.1. The Morgan fingerprint density at radius 1 is 1.80 bits per heavy atom. The molecule has 2 nitrogen and oxygen atoms in total. The topological polar surface area (TPSA) is 38.4 Å². The van der Waals surface area contributed by atoms with Crippen LogP contribution in [0.25, 0.3) is 0 Å². The molecule has 0 saturated heterocycles. The number of nitrogens with two attached hydrogens (primary N) is 1. The minimum Gasteiger partial charge on any atom is -0.390 e. The first kappa shape index (κ1) is 9.13. The maximum Gasteiger partial charge on any atom is 0.0794 e. The predicted molar refractivity (Wildman–Crippen MR) is 18.6 cm³/mol. The minimum atomic E-state index is 0. The monoisotopic (exact) mass is 147 g/mol. The van der Waals surface area contributed by atoms with E-state index in [0.717, 1.165) is 0 Å². The van der Waals surface area contributed by atoms with Gasteiger partial charge in [0.1, 0.15) is 0 Å². The Labute approximate surface area is 56.7 Å². The molecule has 0 spiro atoms. The Hall–Kier alpha value is 0.574. The minimum absolute atomic E-state index is 0. The average Bonchev–Trinajstić information content (AvgIpc) is 1.37. The van der Waals surface area contributed by atoms with Crippen molar-refractivity contribution in [2.75, 3.05) is 7.05 Å². The van der Waals surface area contributed by atoms with Gasteiger partial charge in [-0.2, -0.15) is 0 Å². The van der Waals surface area contributed by atoms with Gasteiger partial charge >= 0.3 is 0 Å². The summed E-state index contributed by atoms with van der Waals surface area (Å²) in [5, 5.41) is 0. The fraction of sp³-hybridized carbons (Fsp3) is 0.500. The molecule has 0 fully saturated rings. The molecule has 3 heteroatoms. The van der Waals surface area contributed by atoms with E-state index in [-0.39, 0.29) is 32.7 Å². The van der Waals surface area contributed by atoms with E-state index < -0.39 is 0 Å². The van der Waals surface area contributed by atoms with Crippen LogP contribution in [0.2, 0.25) is 0 Å². The molecule has 2 N–H and O–H groups in total. The van der Waals surface area contributed by atoms with Crippen LogP contribution >= 0.6 is 0 Å². The molecule has 0 amide bonds. The largest absolute Gasteiger partial charge is 0.390 e. The molecule has 1 radical (unpaired) electrons. The fourth-order valence-corrected chi connectivity index (χ4v) is 0. The van der Waals surface area contributed by atoms with Crippen LogP contribution < -0.4 is 5.73 Å². The summed E-state index contributed by atoms with van der Waals surface area (Å²) >= 11 is 0. The van der Waals surface area contributed by atoms with E-state index in [1.807, 2.05) is 0 Å². The van der Waals surface area contributed by atoms with Crippen LogP contribution in [0.1, 0.15) is 0 Å². The van der Waals surface area contributed by atoms with Crippen LogP contribution in [0.5, 0.6) is 0 Å². The summed E-state index contributed by atoms with van der Waals surface area (Å²) in [6.07, 6.45) is 1.25. The van der Waals surface area contributed by atoms with Crippen LogP contribution in [0.15, 0.2) is 4.99 Å². The zero-order valence-corrected chi connectivity index (χ0v) is 6.02. The van der Waals surface area contributed by atoms with Crippen LogP contribution in [0, 0.1) is 0 Å². The smallest absolute Gasteiger partial charge is 0.0794 e. The average molecular weight is 147 g/mol. The van der Waals surface area contributed by atoms with Crippen molar-refractivity contribution >= 4 is 6.34 Å². The van der Waals surface area contributed by atoms with E-state index in [4.69, 9.17) is 5.73 Å². The summed E-state index contributed by atoms with van der Waals surface area (Å²) < 4.78 is 0. The summed E-state index contributed by atoms with van der Waals surface area (Å²) in [6, 6.07) is 0. The summed E-state index contributed by atoms with van der Waals surface area (Å²) in [6.45, 7) is 0. The fourth-order valence-electron chi connectivity index (χ4n) is 0. The van der Waals surface area contributed by atoms with Gasteiger partial charge in [-0.1, -0.05) is 0 Å². The third kappa shape index (κ3) is 12.2. The first-order chi connectivity index (χ1) is 1.91. The summed E-state index contributed by atoms with van der Waals surface area (Å²) in [5.74, 6) is 0. The van der Waals surface area contributed by atoms with Gasteiger partial charge in [0.15, 0.2) is 0 Å². The molecule has 0 heterocycles. The van der Waals surface area contributed by atoms with Crippen LogP contribution in [-0.2, 0) is 32.7 Å². The van der Waals surface area contributed by atoms with Crippen molar-refractivity contribution in [3.63, 3.8) is 0 Å². The van der Waals surface area contributed by atoms with Crippen molar-refractivity contribution in [3.05, 3.63) is 0 Å². The van der Waals surface area contributed by atoms with Gasteiger partial charge in [0, 0.05) is 39.8 Å². The van der Waals surface area contributed by atoms with Crippen molar-refractivity contribution in [1.29, 1.82) is 0 Å². The molecule has 0 aromatic carbocycles. The van der Waals surface area contributed by atoms with E-state index in [1.54, 1.807) is 7.05 Å². The summed E-state index contributed by atoms with van der Waals surface area (Å²) in [7, 11) is 1.62. The van der Waals surface area contributed by atoms with Gasteiger partial charge < -0.3 is 5.73 Å². The first-order valence-electron chi connectivity index (χ1n) is 1.04. The zero-order chi connectivity index (χ0) is 3.41. The molecule has 0 aromatic heterocycles. The second-order valence-corrected chi connectivity index (χ2v) is 0.407. The maximum atomic E-state index is 4.74. The van der Waals surface area contributed by atoms with Gasteiger partial charge in [-0.3, -0.25) is 4.99 Å². The maximum absolute atomic E-state index is 4.74. The normalized spacial score (nSPS) is 7.40. The number of nitrogens with zero attached hydrogens (tertiary/aromatic N) is 1. The van der Waals surface area contributed by atoms with Gasteiger partial charge in [-0.25, -0.2) is 0 Å². The van der Waals surface area contributed by atoms with Crippen molar-refractivity contribution in [2.24, 2.45) is 10.7 Å². The number of hydrogen-bond acceptors (Lipinski definition) is 1. The van der Waals surface area contributed by atoms with E-state index in [1.165, 1.54) is 6.34 Å². The summed E-state index contributed by atoms with van der Waals surface area (Å²) in [5.41, 5.74) is 4.74. The Morgan fingerprint density at radius 2 is 2.00 bits per heavy atom. The Bertz CT molecular complexity index is 22.8. The molecule has 5 heavy (non-hydrogen) atoms. The van der Waals surface area contributed by atoms with Gasteiger partial charge in [-0.05, 0) is 0 Å². The second-order valence-electron chi connectivity index (χ2n) is 0.407. The Morgan fingerprint density at radius 3 is 2.00 bits per heavy atom. The van der Waals surface area contributed by atoms with Crippen molar-refractivity contribution in [2.45, 2.75) is 0 Å². The number of aliphatic imine (C=N–C) groups is 1. The van der Waals surface area contributed by atoms with Crippen LogP contribution in [-0.4, -0.2) is 13.4 Å². The van der Waals surface area contributed by atoms with Gasteiger partial charge in [-0.15, -0.1) is 0 Å².